The summed E-state index contributed by atoms with van der Waals surface area (Å²) in [5.41, 5.74) is 0. The topological polar surface area (TPSA) is 89.3 Å². The Balaban J connectivity index is 2.61. The Morgan fingerprint density at radius 1 is 1.53 bits per heavy atom. The number of carboxylic acid groups (broad SMARTS) is 1. The van der Waals surface area contributed by atoms with Crippen LogP contribution in [0.25, 0.3) is 0 Å². The second-order valence-electron chi connectivity index (χ2n) is 3.61. The van der Waals surface area contributed by atoms with E-state index < -0.39 is 15.0 Å². The van der Waals surface area contributed by atoms with E-state index in [2.05, 4.69) is 4.98 Å². The lowest BCUT2D eigenvalue weighted by molar-refractivity contribution is -0.137. The summed E-state index contributed by atoms with van der Waals surface area (Å²) < 4.78 is 23.7. The van der Waals surface area contributed by atoms with Crippen LogP contribution in [0.2, 0.25) is 0 Å². The summed E-state index contributed by atoms with van der Waals surface area (Å²) >= 11 is 0. The van der Waals surface area contributed by atoms with Crippen molar-refractivity contribution in [2.45, 2.75) is 37.8 Å². The molecule has 0 bridgehead atoms. The third kappa shape index (κ3) is 4.35. The van der Waals surface area contributed by atoms with Gasteiger partial charge in [0.05, 0.1) is 0 Å². The Morgan fingerprint density at radius 2 is 2.18 bits per heavy atom. The quantitative estimate of drug-likeness (QED) is 0.628. The number of imidazole rings is 1. The van der Waals surface area contributed by atoms with E-state index in [4.69, 9.17) is 15.8 Å². The van der Waals surface area contributed by atoms with Gasteiger partial charge in [0.2, 0.25) is 0 Å². The highest BCUT2D eigenvalue weighted by Crippen LogP contribution is 2.14. The van der Waals surface area contributed by atoms with E-state index in [1.54, 1.807) is 11.5 Å². The minimum absolute atomic E-state index is 0.106. The Hall–Kier alpha value is -1.08. The molecule has 0 saturated heterocycles. The van der Waals surface area contributed by atoms with Gasteiger partial charge in [0.25, 0.3) is 9.05 Å². The number of hydrogen-bond acceptors (Lipinski definition) is 4. The Morgan fingerprint density at radius 3 is 2.65 bits per heavy atom. The van der Waals surface area contributed by atoms with Gasteiger partial charge in [0.15, 0.2) is 5.03 Å². The van der Waals surface area contributed by atoms with Crippen LogP contribution < -0.4 is 0 Å². The molecular formula is C9H13ClN2O4S. The number of hydrogen-bond donors (Lipinski definition) is 1. The average Bonchev–Trinajstić information content (AvgIpc) is 2.54. The van der Waals surface area contributed by atoms with Crippen LogP contribution in [-0.2, 0) is 20.4 Å². The molecule has 0 atom stereocenters. The minimum atomic E-state index is -3.80. The zero-order valence-electron chi connectivity index (χ0n) is 9.26. The molecule has 1 heterocycles. The van der Waals surface area contributed by atoms with E-state index in [1.807, 2.05) is 0 Å². The molecule has 0 fully saturated rings. The lowest BCUT2D eigenvalue weighted by atomic mass is 10.2. The molecule has 8 heteroatoms. The predicted octanol–water partition coefficient (Wildman–Crippen LogP) is 1.37. The third-order valence-electron chi connectivity index (χ3n) is 2.24. The van der Waals surface area contributed by atoms with Gasteiger partial charge in [-0.25, -0.2) is 13.4 Å². The number of carboxylic acids is 1. The molecule has 0 aromatic carbocycles. The number of halogens is 1. The first kappa shape index (κ1) is 14.0. The zero-order chi connectivity index (χ0) is 13.1. The third-order valence-corrected chi connectivity index (χ3v) is 3.41. The number of rotatable bonds is 6. The number of carbonyl (C=O) groups is 1. The van der Waals surface area contributed by atoms with Crippen LogP contribution in [0.3, 0.4) is 0 Å². The molecule has 1 aromatic rings. The van der Waals surface area contributed by atoms with Crippen molar-refractivity contribution >= 4 is 25.7 Å². The Labute approximate surface area is 104 Å². The van der Waals surface area contributed by atoms with E-state index in [1.165, 1.54) is 6.20 Å². The SMILES string of the molecule is Cc1nc(S(=O)(=O)Cl)cn1CCCCC(=O)O. The maximum Gasteiger partial charge on any atom is 0.303 e. The molecule has 1 N–H and O–H groups in total. The predicted molar refractivity (Wildman–Crippen MR) is 61.5 cm³/mol. The van der Waals surface area contributed by atoms with Crippen molar-refractivity contribution in [2.75, 3.05) is 0 Å². The molecule has 1 rings (SSSR count). The van der Waals surface area contributed by atoms with Gasteiger partial charge in [-0.3, -0.25) is 4.79 Å². The lowest BCUT2D eigenvalue weighted by Gasteiger charge is -2.02. The molecule has 1 aromatic heterocycles. The van der Waals surface area contributed by atoms with Crippen molar-refractivity contribution in [1.29, 1.82) is 0 Å². The summed E-state index contributed by atoms with van der Waals surface area (Å²) in [4.78, 5) is 14.1. The summed E-state index contributed by atoms with van der Waals surface area (Å²) in [5, 5.41) is 8.29. The van der Waals surface area contributed by atoms with E-state index in [-0.39, 0.29) is 11.4 Å². The first-order valence-corrected chi connectivity index (χ1v) is 7.32. The normalized spacial score (nSPS) is 11.6. The monoisotopic (exact) mass is 280 g/mol. The van der Waals surface area contributed by atoms with Gasteiger partial charge in [-0.15, -0.1) is 0 Å². The number of nitrogens with zero attached hydrogens (tertiary/aromatic N) is 2. The van der Waals surface area contributed by atoms with Gasteiger partial charge >= 0.3 is 5.97 Å². The molecule has 0 aliphatic carbocycles. The highest BCUT2D eigenvalue weighted by atomic mass is 35.7. The summed E-state index contributed by atoms with van der Waals surface area (Å²) in [5.74, 6) is -0.295. The second-order valence-corrected chi connectivity index (χ2v) is 6.12. The average molecular weight is 281 g/mol. The number of aliphatic carboxylic acids is 1. The van der Waals surface area contributed by atoms with Crippen molar-refractivity contribution in [3.8, 4) is 0 Å². The van der Waals surface area contributed by atoms with Gasteiger partial charge in [-0.05, 0) is 19.8 Å². The molecule has 0 amide bonds. The van der Waals surface area contributed by atoms with Crippen LogP contribution in [0.4, 0.5) is 0 Å². The fourth-order valence-corrected chi connectivity index (χ4v) is 2.10. The molecule has 0 spiro atoms. The minimum Gasteiger partial charge on any atom is -0.481 e. The molecule has 0 saturated carbocycles. The molecule has 0 unspecified atom stereocenters. The fraction of sp³-hybridized carbons (Fsp3) is 0.556. The molecule has 0 aliphatic rings. The molecule has 0 aliphatic heterocycles. The van der Waals surface area contributed by atoms with E-state index in [0.29, 0.717) is 25.2 Å². The van der Waals surface area contributed by atoms with Crippen LogP contribution >= 0.6 is 10.7 Å². The van der Waals surface area contributed by atoms with Crippen LogP contribution in [0.5, 0.6) is 0 Å². The first-order valence-electron chi connectivity index (χ1n) is 5.01. The van der Waals surface area contributed by atoms with Crippen LogP contribution in [0.1, 0.15) is 25.1 Å². The highest BCUT2D eigenvalue weighted by Gasteiger charge is 2.15. The largest absolute Gasteiger partial charge is 0.481 e. The maximum atomic E-state index is 11.0. The van der Waals surface area contributed by atoms with E-state index in [9.17, 15) is 13.2 Å². The Bertz CT molecular complexity index is 509. The molecule has 96 valence electrons. The van der Waals surface area contributed by atoms with Gasteiger partial charge in [-0.1, -0.05) is 0 Å². The number of aryl methyl sites for hydroxylation is 2. The summed E-state index contributed by atoms with van der Waals surface area (Å²) in [6, 6.07) is 0. The van der Waals surface area contributed by atoms with Crippen LogP contribution in [-0.4, -0.2) is 29.0 Å². The molecule has 17 heavy (non-hydrogen) atoms. The van der Waals surface area contributed by atoms with Gasteiger partial charge in [-0.2, -0.15) is 0 Å². The Kier molecular flexibility index (Phi) is 4.53. The maximum absolute atomic E-state index is 11.0. The van der Waals surface area contributed by atoms with Crippen molar-refractivity contribution < 1.29 is 18.3 Å². The summed E-state index contributed by atoms with van der Waals surface area (Å²) in [6.45, 7) is 2.20. The molecule has 6 nitrogen and oxygen atoms in total. The summed E-state index contributed by atoms with van der Waals surface area (Å²) in [6.07, 6.45) is 2.65. The van der Waals surface area contributed by atoms with Crippen molar-refractivity contribution in [2.24, 2.45) is 0 Å². The van der Waals surface area contributed by atoms with E-state index in [0.717, 1.165) is 0 Å². The molecule has 0 radical (unpaired) electrons. The van der Waals surface area contributed by atoms with Crippen LogP contribution in [0, 0.1) is 6.92 Å². The zero-order valence-corrected chi connectivity index (χ0v) is 10.8. The molecular weight excluding hydrogens is 268 g/mol. The summed E-state index contributed by atoms with van der Waals surface area (Å²) in [7, 11) is 1.36. The van der Waals surface area contributed by atoms with Crippen molar-refractivity contribution in [1.82, 2.24) is 9.55 Å². The number of unbranched alkanes of at least 4 members (excludes halogenated alkanes) is 1. The lowest BCUT2D eigenvalue weighted by Crippen LogP contribution is -2.01. The standard InChI is InChI=1S/C9H13ClN2O4S/c1-7-11-8(17(10,15)16)6-12(7)5-3-2-4-9(13)14/h6H,2-5H2,1H3,(H,13,14). The van der Waals surface area contributed by atoms with Crippen LogP contribution in [0.15, 0.2) is 11.2 Å². The van der Waals surface area contributed by atoms with Gasteiger partial charge in [0.1, 0.15) is 5.82 Å². The number of aromatic nitrogens is 2. The van der Waals surface area contributed by atoms with Crippen molar-refractivity contribution in [3.05, 3.63) is 12.0 Å². The second kappa shape index (κ2) is 5.50. The highest BCUT2D eigenvalue weighted by molar-refractivity contribution is 8.13. The van der Waals surface area contributed by atoms with Gasteiger partial charge in [0, 0.05) is 29.8 Å². The van der Waals surface area contributed by atoms with Gasteiger partial charge < -0.3 is 9.67 Å². The fourth-order valence-electron chi connectivity index (χ4n) is 1.38. The van der Waals surface area contributed by atoms with E-state index >= 15 is 0 Å². The smallest absolute Gasteiger partial charge is 0.303 e. The first-order chi connectivity index (χ1) is 7.80. The van der Waals surface area contributed by atoms with Crippen molar-refractivity contribution in [3.63, 3.8) is 0 Å².